The monoisotopic (exact) mass is 311 g/mol. The highest BCUT2D eigenvalue weighted by Crippen LogP contribution is 2.11. The highest BCUT2D eigenvalue weighted by atomic mass is 32.2. The first-order chi connectivity index (χ1) is 9.89. The number of benzene rings is 1. The third-order valence-corrected chi connectivity index (χ3v) is 3.71. The number of carbonyl (C=O) groups is 1. The number of nitrogens with zero attached hydrogens (tertiary/aromatic N) is 2. The first kappa shape index (κ1) is 15.0. The fraction of sp³-hybridized carbons (Fsp3) is 0.250. The van der Waals surface area contributed by atoms with Gasteiger partial charge in [-0.15, -0.1) is 0 Å². The summed E-state index contributed by atoms with van der Waals surface area (Å²) in [5.74, 6) is -0.610. The van der Waals surface area contributed by atoms with E-state index in [0.717, 1.165) is 0 Å². The number of sulfonamides is 1. The minimum Gasteiger partial charge on any atom is -0.465 e. The fourth-order valence-corrected chi connectivity index (χ4v) is 2.65. The number of anilines is 1. The minimum absolute atomic E-state index is 0.112. The average molecular weight is 311 g/mol. The minimum atomic E-state index is -3.66. The SMILES string of the molecule is COC(=O)c1ccc(CS(=O)(=O)Nc2noc(C)n2)cc1. The van der Waals surface area contributed by atoms with Gasteiger partial charge in [-0.3, -0.25) is 0 Å². The van der Waals surface area contributed by atoms with Crippen molar-refractivity contribution < 1.29 is 22.5 Å². The van der Waals surface area contributed by atoms with E-state index in [9.17, 15) is 13.2 Å². The number of ether oxygens (including phenoxy) is 1. The number of hydrogen-bond donors (Lipinski definition) is 1. The third-order valence-electron chi connectivity index (χ3n) is 2.51. The van der Waals surface area contributed by atoms with E-state index in [1.807, 2.05) is 0 Å². The van der Waals surface area contributed by atoms with Gasteiger partial charge in [0.2, 0.25) is 15.9 Å². The highest BCUT2D eigenvalue weighted by Gasteiger charge is 2.15. The van der Waals surface area contributed by atoms with Gasteiger partial charge in [-0.2, -0.15) is 4.98 Å². The van der Waals surface area contributed by atoms with Crippen LogP contribution in [0.1, 0.15) is 21.8 Å². The Morgan fingerprint density at radius 3 is 2.52 bits per heavy atom. The van der Waals surface area contributed by atoms with Gasteiger partial charge in [0.25, 0.3) is 5.95 Å². The van der Waals surface area contributed by atoms with Crippen molar-refractivity contribution in [2.45, 2.75) is 12.7 Å². The van der Waals surface area contributed by atoms with Crippen LogP contribution in [0.2, 0.25) is 0 Å². The second kappa shape index (κ2) is 5.92. The second-order valence-electron chi connectivity index (χ2n) is 4.19. The summed E-state index contributed by atoms with van der Waals surface area (Å²) in [6.07, 6.45) is 0. The van der Waals surface area contributed by atoms with Crippen LogP contribution in [0, 0.1) is 6.92 Å². The highest BCUT2D eigenvalue weighted by molar-refractivity contribution is 7.91. The van der Waals surface area contributed by atoms with Gasteiger partial charge in [0.15, 0.2) is 0 Å². The largest absolute Gasteiger partial charge is 0.465 e. The molecule has 0 unspecified atom stereocenters. The van der Waals surface area contributed by atoms with Gasteiger partial charge < -0.3 is 9.26 Å². The number of nitrogens with one attached hydrogen (secondary N) is 1. The summed E-state index contributed by atoms with van der Waals surface area (Å²) in [6.45, 7) is 1.55. The zero-order valence-corrected chi connectivity index (χ0v) is 12.2. The van der Waals surface area contributed by atoms with Crippen molar-refractivity contribution in [3.05, 3.63) is 41.3 Å². The molecule has 0 saturated heterocycles. The van der Waals surface area contributed by atoms with Crippen LogP contribution in [0.15, 0.2) is 28.8 Å². The van der Waals surface area contributed by atoms with E-state index >= 15 is 0 Å². The fourth-order valence-electron chi connectivity index (χ4n) is 1.59. The van der Waals surface area contributed by atoms with Crippen molar-refractivity contribution in [1.29, 1.82) is 0 Å². The Hall–Kier alpha value is -2.42. The predicted octanol–water partition coefficient (Wildman–Crippen LogP) is 1.11. The molecule has 0 aliphatic heterocycles. The summed E-state index contributed by atoms with van der Waals surface area (Å²) in [5, 5.41) is 3.45. The van der Waals surface area contributed by atoms with Gasteiger partial charge in [-0.05, 0) is 22.9 Å². The van der Waals surface area contributed by atoms with Crippen molar-refractivity contribution in [2.75, 3.05) is 11.8 Å². The Balaban J connectivity index is 2.08. The maximum Gasteiger partial charge on any atom is 0.337 e. The number of aryl methyl sites for hydroxylation is 1. The summed E-state index contributed by atoms with van der Waals surface area (Å²) in [7, 11) is -2.39. The van der Waals surface area contributed by atoms with Crippen LogP contribution in [0.3, 0.4) is 0 Å². The number of aromatic nitrogens is 2. The van der Waals surface area contributed by atoms with Gasteiger partial charge in [0, 0.05) is 6.92 Å². The van der Waals surface area contributed by atoms with E-state index in [2.05, 4.69) is 24.1 Å². The lowest BCUT2D eigenvalue weighted by Gasteiger charge is -2.05. The molecule has 1 heterocycles. The topological polar surface area (TPSA) is 111 Å². The molecular weight excluding hydrogens is 298 g/mol. The van der Waals surface area contributed by atoms with Crippen LogP contribution in [0.25, 0.3) is 0 Å². The molecule has 0 spiro atoms. The zero-order valence-electron chi connectivity index (χ0n) is 11.4. The van der Waals surface area contributed by atoms with E-state index in [0.29, 0.717) is 11.1 Å². The van der Waals surface area contributed by atoms with Crippen molar-refractivity contribution >= 4 is 21.9 Å². The van der Waals surface area contributed by atoms with E-state index in [4.69, 9.17) is 0 Å². The number of esters is 1. The lowest BCUT2D eigenvalue weighted by Crippen LogP contribution is -2.16. The van der Waals surface area contributed by atoms with Crippen LogP contribution in [0.5, 0.6) is 0 Å². The van der Waals surface area contributed by atoms with Gasteiger partial charge in [0.1, 0.15) is 0 Å². The maximum atomic E-state index is 11.9. The molecule has 9 heteroatoms. The molecule has 0 saturated carbocycles. The molecule has 0 amide bonds. The number of hydrogen-bond acceptors (Lipinski definition) is 7. The van der Waals surface area contributed by atoms with Gasteiger partial charge >= 0.3 is 5.97 Å². The molecule has 1 aromatic carbocycles. The standard InChI is InChI=1S/C12H13N3O5S/c1-8-13-12(14-20-8)15-21(17,18)7-9-3-5-10(6-4-9)11(16)19-2/h3-6H,7H2,1-2H3,(H,14,15). The molecule has 0 aliphatic carbocycles. The number of carbonyl (C=O) groups excluding carboxylic acids is 1. The molecule has 21 heavy (non-hydrogen) atoms. The van der Waals surface area contributed by atoms with Crippen molar-refractivity contribution in [2.24, 2.45) is 0 Å². The second-order valence-corrected chi connectivity index (χ2v) is 5.91. The molecule has 2 rings (SSSR count). The van der Waals surface area contributed by atoms with E-state index in [1.165, 1.54) is 31.4 Å². The number of rotatable bonds is 5. The van der Waals surface area contributed by atoms with Crippen LogP contribution in [0.4, 0.5) is 5.95 Å². The molecule has 8 nitrogen and oxygen atoms in total. The quantitative estimate of drug-likeness (QED) is 0.823. The molecule has 0 atom stereocenters. The van der Waals surface area contributed by atoms with Crippen molar-refractivity contribution in [3.63, 3.8) is 0 Å². The molecule has 0 bridgehead atoms. The molecule has 1 aromatic heterocycles. The summed E-state index contributed by atoms with van der Waals surface area (Å²) in [4.78, 5) is 15.0. The van der Waals surface area contributed by atoms with E-state index in [1.54, 1.807) is 6.92 Å². The molecule has 0 fully saturated rings. The Morgan fingerprint density at radius 1 is 1.33 bits per heavy atom. The molecule has 112 valence electrons. The average Bonchev–Trinajstić information content (AvgIpc) is 2.82. The Bertz CT molecular complexity index is 737. The van der Waals surface area contributed by atoms with Gasteiger partial charge in [-0.1, -0.05) is 12.1 Å². The van der Waals surface area contributed by atoms with E-state index in [-0.39, 0.29) is 17.6 Å². The van der Waals surface area contributed by atoms with Gasteiger partial charge in [-0.25, -0.2) is 17.9 Å². The lowest BCUT2D eigenvalue weighted by atomic mass is 10.1. The smallest absolute Gasteiger partial charge is 0.337 e. The van der Waals surface area contributed by atoms with Crippen molar-refractivity contribution in [1.82, 2.24) is 10.1 Å². The van der Waals surface area contributed by atoms with Crippen LogP contribution >= 0.6 is 0 Å². The van der Waals surface area contributed by atoms with Gasteiger partial charge in [0.05, 0.1) is 18.4 Å². The summed E-state index contributed by atoms with van der Waals surface area (Å²) >= 11 is 0. The molecule has 0 radical (unpaired) electrons. The Labute approximate surface area is 121 Å². The lowest BCUT2D eigenvalue weighted by molar-refractivity contribution is 0.0600. The zero-order chi connectivity index (χ0) is 15.5. The van der Waals surface area contributed by atoms with E-state index < -0.39 is 16.0 Å². The number of methoxy groups -OCH3 is 1. The first-order valence-corrected chi connectivity index (χ1v) is 7.53. The third kappa shape index (κ3) is 4.02. The normalized spacial score (nSPS) is 11.1. The molecule has 1 N–H and O–H groups in total. The molecule has 2 aromatic rings. The molecular formula is C12H13N3O5S. The predicted molar refractivity (Wildman–Crippen MR) is 73.1 cm³/mol. The summed E-state index contributed by atoms with van der Waals surface area (Å²) in [6, 6.07) is 6.06. The summed E-state index contributed by atoms with van der Waals surface area (Å²) < 4.78 is 35.3. The Kier molecular flexibility index (Phi) is 4.22. The maximum absolute atomic E-state index is 11.9. The summed E-state index contributed by atoms with van der Waals surface area (Å²) in [5.41, 5.74) is 0.857. The van der Waals surface area contributed by atoms with Crippen LogP contribution in [-0.2, 0) is 20.5 Å². The van der Waals surface area contributed by atoms with Crippen molar-refractivity contribution in [3.8, 4) is 0 Å². The molecule has 0 aliphatic rings. The van der Waals surface area contributed by atoms with Crippen LogP contribution < -0.4 is 4.72 Å². The van der Waals surface area contributed by atoms with Crippen LogP contribution in [-0.4, -0.2) is 31.6 Å². The Morgan fingerprint density at radius 2 is 2.00 bits per heavy atom. The first-order valence-electron chi connectivity index (χ1n) is 5.88.